The number of nitrogens with one attached hydrogen (secondary N) is 1. The van der Waals surface area contributed by atoms with Gasteiger partial charge in [0.25, 0.3) is 5.56 Å². The van der Waals surface area contributed by atoms with Gasteiger partial charge in [0.05, 0.1) is 12.2 Å². The molecule has 0 aliphatic carbocycles. The van der Waals surface area contributed by atoms with Crippen molar-refractivity contribution in [2.24, 2.45) is 0 Å². The summed E-state index contributed by atoms with van der Waals surface area (Å²) >= 11 is 3.29. The van der Waals surface area contributed by atoms with Gasteiger partial charge in [-0.3, -0.25) is 9.78 Å². The Balaban J connectivity index is 1.77. The number of benzene rings is 1. The molecule has 0 unspecified atom stereocenters. The molecular weight excluding hydrogens is 392 g/mol. The molecule has 3 aromatic rings. The normalized spacial score (nSPS) is 10.7. The third-order valence-corrected chi connectivity index (χ3v) is 4.46. The first-order chi connectivity index (χ1) is 12.0. The summed E-state index contributed by atoms with van der Waals surface area (Å²) in [6.45, 7) is 0.561. The van der Waals surface area contributed by atoms with Crippen LogP contribution in [0, 0.1) is 11.6 Å². The van der Waals surface area contributed by atoms with Crippen LogP contribution in [0.4, 0.5) is 14.5 Å². The molecule has 0 aliphatic rings. The van der Waals surface area contributed by atoms with Crippen LogP contribution in [-0.4, -0.2) is 9.55 Å². The minimum Gasteiger partial charge on any atom is -0.380 e. The SMILES string of the molecule is O=c1c(Br)c(NCc2ccc(F)cc2F)ccn1Cc1ccncc1. The third-order valence-electron chi connectivity index (χ3n) is 3.69. The van der Waals surface area contributed by atoms with Gasteiger partial charge in [0.1, 0.15) is 16.1 Å². The van der Waals surface area contributed by atoms with Crippen LogP contribution in [0.2, 0.25) is 0 Å². The molecule has 1 N–H and O–H groups in total. The monoisotopic (exact) mass is 405 g/mol. The number of hydrogen-bond acceptors (Lipinski definition) is 3. The molecule has 3 rings (SSSR count). The van der Waals surface area contributed by atoms with E-state index in [1.165, 1.54) is 12.1 Å². The Kier molecular flexibility index (Phi) is 5.23. The van der Waals surface area contributed by atoms with Gasteiger partial charge in [-0.1, -0.05) is 6.07 Å². The van der Waals surface area contributed by atoms with E-state index in [2.05, 4.69) is 26.2 Å². The average Bonchev–Trinajstić information content (AvgIpc) is 2.61. The Morgan fingerprint density at radius 1 is 1.12 bits per heavy atom. The lowest BCUT2D eigenvalue weighted by molar-refractivity contribution is 0.574. The Hall–Kier alpha value is -2.54. The first-order valence-electron chi connectivity index (χ1n) is 7.50. The standard InChI is InChI=1S/C18H14BrF2N3O/c19-17-16(23-10-13-1-2-14(20)9-15(13)21)5-8-24(18(17)25)11-12-3-6-22-7-4-12/h1-9,23H,10-11H2. The lowest BCUT2D eigenvalue weighted by Gasteiger charge is -2.12. The van der Waals surface area contributed by atoms with Gasteiger partial charge in [0.15, 0.2) is 0 Å². The molecule has 0 saturated heterocycles. The number of rotatable bonds is 5. The van der Waals surface area contributed by atoms with Crippen LogP contribution >= 0.6 is 15.9 Å². The van der Waals surface area contributed by atoms with Gasteiger partial charge >= 0.3 is 0 Å². The summed E-state index contributed by atoms with van der Waals surface area (Å²) in [4.78, 5) is 16.4. The van der Waals surface area contributed by atoms with Crippen LogP contribution in [0.25, 0.3) is 0 Å². The number of nitrogens with zero attached hydrogens (tertiary/aromatic N) is 2. The molecule has 2 heterocycles. The zero-order valence-electron chi connectivity index (χ0n) is 13.0. The Morgan fingerprint density at radius 2 is 1.88 bits per heavy atom. The van der Waals surface area contributed by atoms with E-state index >= 15 is 0 Å². The van der Waals surface area contributed by atoms with E-state index in [1.54, 1.807) is 29.2 Å². The Bertz CT molecular complexity index is 945. The predicted molar refractivity (Wildman–Crippen MR) is 95.4 cm³/mol. The summed E-state index contributed by atoms with van der Waals surface area (Å²) in [7, 11) is 0. The highest BCUT2D eigenvalue weighted by Crippen LogP contribution is 2.19. The first-order valence-corrected chi connectivity index (χ1v) is 8.29. The molecule has 0 radical (unpaired) electrons. The number of hydrogen-bond donors (Lipinski definition) is 1. The minimum absolute atomic E-state index is 0.137. The van der Waals surface area contributed by atoms with Gasteiger partial charge in [0, 0.05) is 36.8 Å². The molecule has 0 saturated carbocycles. The van der Waals surface area contributed by atoms with Crippen molar-refractivity contribution >= 4 is 21.6 Å². The molecular formula is C18H14BrF2N3O. The van der Waals surface area contributed by atoms with Crippen molar-refractivity contribution in [2.45, 2.75) is 13.1 Å². The van der Waals surface area contributed by atoms with E-state index in [1.807, 2.05) is 12.1 Å². The van der Waals surface area contributed by atoms with Crippen molar-refractivity contribution in [2.75, 3.05) is 5.32 Å². The zero-order chi connectivity index (χ0) is 17.8. The summed E-state index contributed by atoms with van der Waals surface area (Å²) in [6, 6.07) is 8.80. The number of pyridine rings is 2. The van der Waals surface area contributed by atoms with E-state index < -0.39 is 11.6 Å². The zero-order valence-corrected chi connectivity index (χ0v) is 14.6. The lowest BCUT2D eigenvalue weighted by atomic mass is 10.2. The summed E-state index contributed by atoms with van der Waals surface area (Å²) in [5.74, 6) is -1.25. The minimum atomic E-state index is -0.630. The van der Waals surface area contributed by atoms with E-state index in [4.69, 9.17) is 0 Å². The van der Waals surface area contributed by atoms with Gasteiger partial charge < -0.3 is 9.88 Å². The van der Waals surface area contributed by atoms with Gasteiger partial charge in [-0.15, -0.1) is 0 Å². The van der Waals surface area contributed by atoms with Crippen LogP contribution in [0.5, 0.6) is 0 Å². The molecule has 4 nitrogen and oxygen atoms in total. The molecule has 0 bridgehead atoms. The second-order valence-electron chi connectivity index (χ2n) is 5.42. The maximum Gasteiger partial charge on any atom is 0.267 e. The van der Waals surface area contributed by atoms with E-state index in [0.717, 1.165) is 11.6 Å². The highest BCUT2D eigenvalue weighted by molar-refractivity contribution is 9.10. The van der Waals surface area contributed by atoms with E-state index in [-0.39, 0.29) is 12.1 Å². The molecule has 25 heavy (non-hydrogen) atoms. The fourth-order valence-corrected chi connectivity index (χ4v) is 2.85. The molecule has 0 aliphatic heterocycles. The second-order valence-corrected chi connectivity index (χ2v) is 6.21. The molecule has 1 aromatic carbocycles. The van der Waals surface area contributed by atoms with E-state index in [0.29, 0.717) is 22.3 Å². The van der Waals surface area contributed by atoms with Gasteiger partial charge in [0.2, 0.25) is 0 Å². The van der Waals surface area contributed by atoms with Crippen LogP contribution < -0.4 is 10.9 Å². The number of halogens is 3. The number of aromatic nitrogens is 2. The van der Waals surface area contributed by atoms with Crippen LogP contribution in [0.15, 0.2) is 64.3 Å². The van der Waals surface area contributed by atoms with Crippen molar-refractivity contribution in [3.05, 3.63) is 92.6 Å². The van der Waals surface area contributed by atoms with Gasteiger partial charge in [-0.25, -0.2) is 8.78 Å². The predicted octanol–water partition coefficient (Wildman–Crippen LogP) is 3.94. The molecule has 128 valence electrons. The Labute approximate surface area is 151 Å². The number of anilines is 1. The van der Waals surface area contributed by atoms with Crippen molar-refractivity contribution < 1.29 is 8.78 Å². The smallest absolute Gasteiger partial charge is 0.267 e. The van der Waals surface area contributed by atoms with Crippen LogP contribution in [-0.2, 0) is 13.1 Å². The summed E-state index contributed by atoms with van der Waals surface area (Å²) in [6.07, 6.45) is 5.00. The molecule has 0 amide bonds. The molecule has 0 atom stereocenters. The third kappa shape index (κ3) is 4.11. The summed E-state index contributed by atoms with van der Waals surface area (Å²) in [5.41, 5.74) is 1.61. The fourth-order valence-electron chi connectivity index (χ4n) is 2.35. The maximum absolute atomic E-state index is 13.7. The highest BCUT2D eigenvalue weighted by atomic mass is 79.9. The van der Waals surface area contributed by atoms with Gasteiger partial charge in [-0.2, -0.15) is 0 Å². The topological polar surface area (TPSA) is 46.9 Å². The largest absolute Gasteiger partial charge is 0.380 e. The molecule has 7 heteroatoms. The van der Waals surface area contributed by atoms with Crippen molar-refractivity contribution in [3.63, 3.8) is 0 Å². The average molecular weight is 406 g/mol. The fraction of sp³-hybridized carbons (Fsp3) is 0.111. The van der Waals surface area contributed by atoms with Crippen molar-refractivity contribution in [1.29, 1.82) is 0 Å². The summed E-state index contributed by atoms with van der Waals surface area (Å²) < 4.78 is 28.5. The van der Waals surface area contributed by atoms with Crippen LogP contribution in [0.1, 0.15) is 11.1 Å². The molecule has 2 aromatic heterocycles. The van der Waals surface area contributed by atoms with Gasteiger partial charge in [-0.05, 0) is 45.8 Å². The molecule has 0 spiro atoms. The highest BCUT2D eigenvalue weighted by Gasteiger charge is 2.09. The molecule has 0 fully saturated rings. The van der Waals surface area contributed by atoms with Crippen molar-refractivity contribution in [1.82, 2.24) is 9.55 Å². The quantitative estimate of drug-likeness (QED) is 0.698. The van der Waals surface area contributed by atoms with Crippen molar-refractivity contribution in [3.8, 4) is 0 Å². The second kappa shape index (κ2) is 7.57. The first kappa shape index (κ1) is 17.3. The lowest BCUT2D eigenvalue weighted by Crippen LogP contribution is -2.22. The van der Waals surface area contributed by atoms with E-state index in [9.17, 15) is 13.6 Å². The Morgan fingerprint density at radius 3 is 2.60 bits per heavy atom. The maximum atomic E-state index is 13.7. The van der Waals surface area contributed by atoms with Crippen LogP contribution in [0.3, 0.4) is 0 Å². The summed E-state index contributed by atoms with van der Waals surface area (Å²) in [5, 5.41) is 2.99.